The molecule has 2 aromatic carbocycles. The van der Waals surface area contributed by atoms with Crippen LogP contribution >= 0.6 is 0 Å². The summed E-state index contributed by atoms with van der Waals surface area (Å²) in [6, 6.07) is 14.1. The quantitative estimate of drug-likeness (QED) is 0.630. The fraction of sp³-hybridized carbons (Fsp3) is 0.423. The Hall–Kier alpha value is -2.55. The van der Waals surface area contributed by atoms with Crippen molar-refractivity contribution in [2.75, 3.05) is 0 Å². The van der Waals surface area contributed by atoms with E-state index in [2.05, 4.69) is 6.07 Å². The van der Waals surface area contributed by atoms with Crippen LogP contribution in [0.5, 0.6) is 5.75 Å². The van der Waals surface area contributed by atoms with Gasteiger partial charge in [-0.05, 0) is 103 Å². The average Bonchev–Trinajstić information content (AvgIpc) is 2.67. The van der Waals surface area contributed by atoms with Gasteiger partial charge in [-0.25, -0.2) is 4.79 Å². The summed E-state index contributed by atoms with van der Waals surface area (Å²) in [5, 5.41) is 19.7. The Balaban J connectivity index is 1.48. The molecule has 4 saturated carbocycles. The first-order valence-corrected chi connectivity index (χ1v) is 10.8. The molecule has 0 aromatic heterocycles. The zero-order chi connectivity index (χ0) is 20.2. The van der Waals surface area contributed by atoms with Crippen LogP contribution < -0.4 is 0 Å². The number of hydrogen-bond acceptors (Lipinski definition) is 2. The molecule has 29 heavy (non-hydrogen) atoms. The lowest BCUT2D eigenvalue weighted by atomic mass is 9.48. The van der Waals surface area contributed by atoms with Crippen molar-refractivity contribution in [3.8, 4) is 16.9 Å². The van der Waals surface area contributed by atoms with Crippen molar-refractivity contribution in [2.24, 2.45) is 17.8 Å². The van der Waals surface area contributed by atoms with Crippen LogP contribution in [-0.2, 0) is 10.2 Å². The Bertz CT molecular complexity index is 948. The van der Waals surface area contributed by atoms with Gasteiger partial charge in [0.15, 0.2) is 0 Å². The molecule has 4 fully saturated rings. The smallest absolute Gasteiger partial charge is 0.328 e. The second-order valence-electron chi connectivity index (χ2n) is 9.67. The van der Waals surface area contributed by atoms with Crippen LogP contribution in [0.15, 0.2) is 48.5 Å². The Morgan fingerprint density at radius 1 is 0.931 bits per heavy atom. The lowest BCUT2D eigenvalue weighted by Crippen LogP contribution is -2.48. The SMILES string of the molecule is C/C(=C\C(=O)O)c1ccc(-c2ccc(O)c(C34CC5CC(CC(C5)C3)C4)c2)cc1. The van der Waals surface area contributed by atoms with Gasteiger partial charge in [0.2, 0.25) is 0 Å². The van der Waals surface area contributed by atoms with E-state index in [9.17, 15) is 9.90 Å². The maximum absolute atomic E-state index is 10.9. The minimum absolute atomic E-state index is 0.162. The third-order valence-corrected chi connectivity index (χ3v) is 7.62. The standard InChI is InChI=1S/C26H28O3/c1-16(8-25(28)29)20-2-4-21(5-3-20)22-6-7-24(27)23(12-22)26-13-17-9-18(14-26)11-19(10-17)15-26/h2-8,12,17-19,27H,9-11,13-15H2,1H3,(H,28,29)/b16-8+. The first-order valence-electron chi connectivity index (χ1n) is 10.8. The normalized spacial score (nSPS) is 30.5. The lowest BCUT2D eigenvalue weighted by Gasteiger charge is -2.57. The van der Waals surface area contributed by atoms with Crippen molar-refractivity contribution in [1.82, 2.24) is 0 Å². The molecular weight excluding hydrogens is 360 g/mol. The van der Waals surface area contributed by atoms with Gasteiger partial charge in [-0.15, -0.1) is 0 Å². The Labute approximate surface area is 172 Å². The summed E-state index contributed by atoms with van der Waals surface area (Å²) in [6.07, 6.45) is 9.11. The minimum atomic E-state index is -0.926. The summed E-state index contributed by atoms with van der Waals surface area (Å²) in [7, 11) is 0. The number of rotatable bonds is 4. The van der Waals surface area contributed by atoms with Crippen molar-refractivity contribution >= 4 is 11.5 Å². The van der Waals surface area contributed by atoms with Crippen LogP contribution in [0, 0.1) is 17.8 Å². The van der Waals surface area contributed by atoms with Crippen molar-refractivity contribution in [3.05, 3.63) is 59.7 Å². The van der Waals surface area contributed by atoms with Gasteiger partial charge in [0.05, 0.1) is 0 Å². The Morgan fingerprint density at radius 3 is 2.03 bits per heavy atom. The van der Waals surface area contributed by atoms with E-state index in [1.165, 1.54) is 44.6 Å². The van der Waals surface area contributed by atoms with Crippen molar-refractivity contribution in [3.63, 3.8) is 0 Å². The summed E-state index contributed by atoms with van der Waals surface area (Å²) >= 11 is 0. The Kier molecular flexibility index (Phi) is 4.31. The monoisotopic (exact) mass is 388 g/mol. The molecule has 4 bridgehead atoms. The second-order valence-corrected chi connectivity index (χ2v) is 9.67. The summed E-state index contributed by atoms with van der Waals surface area (Å²) in [5.74, 6) is 2.05. The molecule has 2 N–H and O–H groups in total. The number of aliphatic carboxylic acids is 1. The van der Waals surface area contributed by atoms with E-state index in [0.717, 1.165) is 45.6 Å². The summed E-state index contributed by atoms with van der Waals surface area (Å²) in [4.78, 5) is 10.9. The number of benzene rings is 2. The van der Waals surface area contributed by atoms with Crippen LogP contribution in [0.4, 0.5) is 0 Å². The molecule has 0 radical (unpaired) electrons. The molecule has 6 rings (SSSR count). The molecule has 4 aliphatic carbocycles. The van der Waals surface area contributed by atoms with E-state index in [1.54, 1.807) is 0 Å². The maximum Gasteiger partial charge on any atom is 0.328 e. The van der Waals surface area contributed by atoms with Gasteiger partial charge >= 0.3 is 5.97 Å². The van der Waals surface area contributed by atoms with E-state index >= 15 is 0 Å². The maximum atomic E-state index is 10.9. The highest BCUT2D eigenvalue weighted by Crippen LogP contribution is 2.62. The highest BCUT2D eigenvalue weighted by Gasteiger charge is 2.52. The third kappa shape index (κ3) is 3.27. The number of carboxylic acids is 1. The van der Waals surface area contributed by atoms with Gasteiger partial charge < -0.3 is 10.2 Å². The summed E-state index contributed by atoms with van der Waals surface area (Å²) in [6.45, 7) is 1.81. The number of phenolic OH excluding ortho intramolecular Hbond substituents is 1. The van der Waals surface area contributed by atoms with Crippen molar-refractivity contribution in [1.29, 1.82) is 0 Å². The van der Waals surface area contributed by atoms with Gasteiger partial charge in [0, 0.05) is 11.6 Å². The zero-order valence-corrected chi connectivity index (χ0v) is 16.9. The molecule has 2 aromatic rings. The predicted molar refractivity (Wildman–Crippen MR) is 115 cm³/mol. The lowest BCUT2D eigenvalue weighted by molar-refractivity contribution is -0.131. The van der Waals surface area contributed by atoms with Crippen LogP contribution in [0.3, 0.4) is 0 Å². The number of carbonyl (C=O) groups is 1. The van der Waals surface area contributed by atoms with Gasteiger partial charge in [0.1, 0.15) is 5.75 Å². The predicted octanol–water partition coefficient (Wildman–Crippen LogP) is 6.01. The van der Waals surface area contributed by atoms with E-state index in [0.29, 0.717) is 5.75 Å². The van der Waals surface area contributed by atoms with Gasteiger partial charge in [-0.1, -0.05) is 30.3 Å². The van der Waals surface area contributed by atoms with Gasteiger partial charge in [-0.3, -0.25) is 0 Å². The zero-order valence-electron chi connectivity index (χ0n) is 16.9. The number of carboxylic acid groups (broad SMARTS) is 1. The van der Waals surface area contributed by atoms with Crippen LogP contribution in [-0.4, -0.2) is 16.2 Å². The highest BCUT2D eigenvalue weighted by atomic mass is 16.4. The fourth-order valence-corrected chi connectivity index (χ4v) is 6.78. The largest absolute Gasteiger partial charge is 0.508 e. The van der Waals surface area contributed by atoms with E-state index in [-0.39, 0.29) is 5.41 Å². The Morgan fingerprint density at radius 2 is 1.48 bits per heavy atom. The first-order chi connectivity index (χ1) is 13.9. The van der Waals surface area contributed by atoms with E-state index in [4.69, 9.17) is 5.11 Å². The van der Waals surface area contributed by atoms with Crippen molar-refractivity contribution < 1.29 is 15.0 Å². The van der Waals surface area contributed by atoms with Gasteiger partial charge in [0.25, 0.3) is 0 Å². The summed E-state index contributed by atoms with van der Waals surface area (Å²) < 4.78 is 0. The molecule has 0 amide bonds. The highest BCUT2D eigenvalue weighted by molar-refractivity contribution is 5.89. The molecule has 0 spiro atoms. The number of aromatic hydroxyl groups is 1. The number of phenols is 1. The van der Waals surface area contributed by atoms with Gasteiger partial charge in [-0.2, -0.15) is 0 Å². The molecule has 0 aliphatic heterocycles. The molecule has 0 unspecified atom stereocenters. The molecule has 3 nitrogen and oxygen atoms in total. The third-order valence-electron chi connectivity index (χ3n) is 7.62. The van der Waals surface area contributed by atoms with Crippen LogP contribution in [0.25, 0.3) is 16.7 Å². The summed E-state index contributed by atoms with van der Waals surface area (Å²) in [5.41, 5.74) is 5.19. The van der Waals surface area contributed by atoms with E-state index < -0.39 is 5.97 Å². The van der Waals surface area contributed by atoms with E-state index in [1.807, 2.05) is 43.3 Å². The molecule has 150 valence electrons. The molecule has 3 heteroatoms. The minimum Gasteiger partial charge on any atom is -0.508 e. The molecule has 4 aliphatic rings. The molecule has 0 heterocycles. The number of allylic oxidation sites excluding steroid dienone is 1. The molecule has 0 saturated heterocycles. The van der Waals surface area contributed by atoms with Crippen LogP contribution in [0.2, 0.25) is 0 Å². The number of hydrogen-bond donors (Lipinski definition) is 2. The van der Waals surface area contributed by atoms with Crippen molar-refractivity contribution in [2.45, 2.75) is 50.9 Å². The second kappa shape index (κ2) is 6.76. The fourth-order valence-electron chi connectivity index (χ4n) is 6.78. The average molecular weight is 389 g/mol. The first kappa shape index (κ1) is 18.5. The molecule has 0 atom stereocenters. The van der Waals surface area contributed by atoms with Crippen LogP contribution in [0.1, 0.15) is 56.6 Å². The topological polar surface area (TPSA) is 57.5 Å². The molecular formula is C26H28O3.